The molecule has 0 aliphatic carbocycles. The van der Waals surface area contributed by atoms with E-state index >= 15 is 0 Å². The van der Waals surface area contributed by atoms with Gasteiger partial charge in [-0.1, -0.05) is 0 Å². The van der Waals surface area contributed by atoms with Crippen LogP contribution in [0.3, 0.4) is 0 Å². The van der Waals surface area contributed by atoms with Crippen molar-refractivity contribution in [1.82, 2.24) is 13.8 Å². The van der Waals surface area contributed by atoms with E-state index in [-0.39, 0.29) is 29.4 Å². The van der Waals surface area contributed by atoms with E-state index in [1.807, 2.05) is 0 Å². The van der Waals surface area contributed by atoms with Gasteiger partial charge in [0.25, 0.3) is 0 Å². The Morgan fingerprint density at radius 3 is 2.85 bits per heavy atom. The number of nitrogens with zero attached hydrogens (tertiary/aromatic N) is 3. The van der Waals surface area contributed by atoms with Crippen molar-refractivity contribution in [2.24, 2.45) is 7.05 Å². The van der Waals surface area contributed by atoms with Crippen LogP contribution in [-0.2, 0) is 26.6 Å². The van der Waals surface area contributed by atoms with E-state index in [9.17, 15) is 18.0 Å². The van der Waals surface area contributed by atoms with E-state index in [0.29, 0.717) is 25.1 Å². The number of aryl methyl sites for hydroxylation is 1. The van der Waals surface area contributed by atoms with Gasteiger partial charge in [-0.3, -0.25) is 9.36 Å². The van der Waals surface area contributed by atoms with Gasteiger partial charge in [0.2, 0.25) is 15.9 Å². The average Bonchev–Trinajstić information content (AvgIpc) is 3.30. The molecule has 1 amide bonds. The number of ether oxygens (including phenoxy) is 1. The topological polar surface area (TPSA) is 102 Å². The number of hydrogen-bond donors (Lipinski definition) is 0. The molecular weight excluding hydrogens is 362 g/mol. The molecule has 3 saturated heterocycles. The van der Waals surface area contributed by atoms with Gasteiger partial charge in [-0.25, -0.2) is 13.2 Å². The van der Waals surface area contributed by atoms with Crippen LogP contribution in [0.2, 0.25) is 0 Å². The zero-order valence-corrected chi connectivity index (χ0v) is 14.9. The lowest BCUT2D eigenvalue weighted by Crippen LogP contribution is -2.48. The Labute approximate surface area is 148 Å². The van der Waals surface area contributed by atoms with Crippen LogP contribution in [0.25, 0.3) is 11.1 Å². The van der Waals surface area contributed by atoms with Crippen LogP contribution in [0.1, 0.15) is 12.8 Å². The second-order valence-electron chi connectivity index (χ2n) is 6.88. The molecule has 4 heterocycles. The number of benzene rings is 1. The summed E-state index contributed by atoms with van der Waals surface area (Å²) in [5.41, 5.74) is -0.0879. The first kappa shape index (κ1) is 16.0. The number of carbonyl (C=O) groups is 1. The summed E-state index contributed by atoms with van der Waals surface area (Å²) in [7, 11) is -2.29. The van der Waals surface area contributed by atoms with Gasteiger partial charge >= 0.3 is 5.76 Å². The van der Waals surface area contributed by atoms with Gasteiger partial charge < -0.3 is 14.1 Å². The molecule has 0 unspecified atom stereocenters. The maximum absolute atomic E-state index is 13.2. The Morgan fingerprint density at radius 2 is 2.04 bits per heavy atom. The van der Waals surface area contributed by atoms with Gasteiger partial charge in [0.1, 0.15) is 0 Å². The number of rotatable bonds is 2. The third-order valence-corrected chi connectivity index (χ3v) is 7.63. The molecule has 1 spiro atoms. The highest BCUT2D eigenvalue weighted by molar-refractivity contribution is 7.89. The van der Waals surface area contributed by atoms with Gasteiger partial charge in [-0.05, 0) is 12.1 Å². The van der Waals surface area contributed by atoms with Crippen LogP contribution >= 0.6 is 0 Å². The molecule has 10 heteroatoms. The van der Waals surface area contributed by atoms with Gasteiger partial charge in [-0.2, -0.15) is 4.31 Å². The lowest BCUT2D eigenvalue weighted by Gasteiger charge is -2.31. The third kappa shape index (κ3) is 1.84. The molecule has 9 nitrogen and oxygen atoms in total. The average molecular weight is 379 g/mol. The largest absolute Gasteiger partial charge is 0.419 e. The molecule has 26 heavy (non-hydrogen) atoms. The summed E-state index contributed by atoms with van der Waals surface area (Å²) in [5, 5.41) is 0. The fraction of sp³-hybridized carbons (Fsp3) is 0.500. The van der Waals surface area contributed by atoms with Crippen molar-refractivity contribution >= 4 is 27.0 Å². The predicted octanol–water partition coefficient (Wildman–Crippen LogP) is -0.147. The predicted molar refractivity (Wildman–Crippen MR) is 88.8 cm³/mol. The number of amides is 1. The molecule has 3 aliphatic heterocycles. The molecule has 138 valence electrons. The first-order valence-corrected chi connectivity index (χ1v) is 9.84. The van der Waals surface area contributed by atoms with Crippen LogP contribution in [0.4, 0.5) is 0 Å². The van der Waals surface area contributed by atoms with Crippen molar-refractivity contribution in [3.63, 3.8) is 0 Å². The summed E-state index contributed by atoms with van der Waals surface area (Å²) < 4.78 is 40.1. The van der Waals surface area contributed by atoms with Crippen LogP contribution in [0.15, 0.2) is 32.3 Å². The molecule has 1 aromatic heterocycles. The molecule has 0 saturated carbocycles. The normalized spacial score (nSPS) is 28.9. The number of carbonyl (C=O) groups excluding carboxylic acids is 1. The summed E-state index contributed by atoms with van der Waals surface area (Å²) in [6.45, 7) is 1.22. The summed E-state index contributed by atoms with van der Waals surface area (Å²) >= 11 is 0. The minimum absolute atomic E-state index is 0.0419. The SMILES string of the molecule is Cn1c(=O)oc2cc(S(=O)(=O)N3CC[C@@]45OCCN4C(=O)C[C@@H]35)ccc21. The molecule has 2 aromatic rings. The summed E-state index contributed by atoms with van der Waals surface area (Å²) in [5.74, 6) is -0.622. The lowest BCUT2D eigenvalue weighted by molar-refractivity contribution is -0.136. The maximum Gasteiger partial charge on any atom is 0.419 e. The molecule has 0 N–H and O–H groups in total. The Bertz CT molecular complexity index is 1100. The van der Waals surface area contributed by atoms with E-state index in [1.54, 1.807) is 18.0 Å². The fourth-order valence-electron chi connectivity index (χ4n) is 4.45. The number of fused-ring (bicyclic) bond motifs is 1. The van der Waals surface area contributed by atoms with Crippen molar-refractivity contribution in [2.45, 2.75) is 29.5 Å². The minimum atomic E-state index is -3.85. The summed E-state index contributed by atoms with van der Waals surface area (Å²) in [4.78, 5) is 25.6. The second kappa shape index (κ2) is 4.96. The fourth-order valence-corrected chi connectivity index (χ4v) is 6.12. The smallest absolute Gasteiger partial charge is 0.408 e. The highest BCUT2D eigenvalue weighted by Gasteiger charge is 2.64. The van der Waals surface area contributed by atoms with Crippen molar-refractivity contribution in [2.75, 3.05) is 19.7 Å². The van der Waals surface area contributed by atoms with Crippen molar-refractivity contribution < 1.29 is 22.4 Å². The van der Waals surface area contributed by atoms with Gasteiger partial charge in [0.15, 0.2) is 11.3 Å². The van der Waals surface area contributed by atoms with Crippen molar-refractivity contribution in [1.29, 1.82) is 0 Å². The Hall–Kier alpha value is -2.17. The molecule has 5 rings (SSSR count). The summed E-state index contributed by atoms with van der Waals surface area (Å²) in [6.07, 6.45) is 0.590. The van der Waals surface area contributed by atoms with E-state index in [4.69, 9.17) is 9.15 Å². The number of sulfonamides is 1. The molecule has 1 aromatic carbocycles. The minimum Gasteiger partial charge on any atom is -0.408 e. The molecule has 3 aliphatic rings. The first-order valence-electron chi connectivity index (χ1n) is 8.40. The van der Waals surface area contributed by atoms with Crippen molar-refractivity contribution in [3.8, 4) is 0 Å². The zero-order valence-electron chi connectivity index (χ0n) is 14.0. The van der Waals surface area contributed by atoms with Crippen LogP contribution in [-0.4, -0.2) is 59.6 Å². The first-order chi connectivity index (χ1) is 12.3. The van der Waals surface area contributed by atoms with E-state index in [2.05, 4.69) is 0 Å². The Morgan fingerprint density at radius 1 is 1.23 bits per heavy atom. The van der Waals surface area contributed by atoms with Crippen LogP contribution in [0, 0.1) is 0 Å². The maximum atomic E-state index is 13.2. The number of aromatic nitrogens is 1. The highest BCUT2D eigenvalue weighted by atomic mass is 32.2. The van der Waals surface area contributed by atoms with Crippen LogP contribution in [0.5, 0.6) is 0 Å². The third-order valence-electron chi connectivity index (χ3n) is 5.72. The Kier molecular flexibility index (Phi) is 3.06. The van der Waals surface area contributed by atoms with E-state index in [0.717, 1.165) is 0 Å². The highest BCUT2D eigenvalue weighted by Crippen LogP contribution is 2.47. The number of hydrogen-bond acceptors (Lipinski definition) is 6. The van der Waals surface area contributed by atoms with Gasteiger partial charge in [0.05, 0.1) is 23.1 Å². The van der Waals surface area contributed by atoms with Gasteiger partial charge in [0, 0.05) is 39.0 Å². The van der Waals surface area contributed by atoms with Crippen LogP contribution < -0.4 is 5.76 Å². The molecular formula is C16H17N3O6S. The monoisotopic (exact) mass is 379 g/mol. The summed E-state index contributed by atoms with van der Waals surface area (Å²) in [6, 6.07) is 3.85. The molecule has 2 atom stereocenters. The zero-order chi connectivity index (χ0) is 18.3. The molecule has 3 fully saturated rings. The Balaban J connectivity index is 1.58. The molecule has 0 radical (unpaired) electrons. The second-order valence-corrected chi connectivity index (χ2v) is 8.77. The van der Waals surface area contributed by atoms with E-state index in [1.165, 1.54) is 21.0 Å². The van der Waals surface area contributed by atoms with E-state index < -0.39 is 27.5 Å². The van der Waals surface area contributed by atoms with Crippen molar-refractivity contribution in [3.05, 3.63) is 28.7 Å². The number of oxazole rings is 1. The van der Waals surface area contributed by atoms with Gasteiger partial charge in [-0.15, -0.1) is 0 Å². The quantitative estimate of drug-likeness (QED) is 0.719. The lowest BCUT2D eigenvalue weighted by atomic mass is 10.1. The molecule has 0 bridgehead atoms. The standard InChI is InChI=1S/C16H17N3O6S/c1-17-11-3-2-10(8-12(11)25-15(17)21)26(22,23)19-5-4-16-13(19)9-14(20)18(16)6-7-24-16/h2-3,8,13H,4-7,9H2,1H3/t13-,16+/m1/s1.